The first-order valence-corrected chi connectivity index (χ1v) is 3.83. The molecule has 5 N–H and O–H groups in total. The predicted molar refractivity (Wildman–Crippen MR) is 42.5 cm³/mol. The summed E-state index contributed by atoms with van der Waals surface area (Å²) in [6.45, 7) is -0.389. The first-order chi connectivity index (χ1) is 6.34. The van der Waals surface area contributed by atoms with E-state index >= 15 is 0 Å². The molecule has 8 heteroatoms. The Morgan fingerprint density at radius 3 is 2.43 bits per heavy atom. The molecule has 0 fully saturated rings. The maximum Gasteiger partial charge on any atom is 0.415 e. The molecule has 0 aromatic rings. The van der Waals surface area contributed by atoms with Crippen LogP contribution < -0.4 is 16.4 Å². The minimum absolute atomic E-state index is 0.107. The summed E-state index contributed by atoms with van der Waals surface area (Å²) in [5.74, 6) is 0. The number of primary amides is 1. The molecule has 0 radical (unpaired) electrons. The second-order valence-corrected chi connectivity index (χ2v) is 2.55. The number of alkyl halides is 3. The fraction of sp³-hybridized carbons (Fsp3) is 0.833. The number of rotatable bonds is 5. The average molecular weight is 215 g/mol. The lowest BCUT2D eigenvalue weighted by atomic mass is 10.3. The molecule has 14 heavy (non-hydrogen) atoms. The Morgan fingerprint density at radius 2 is 2.00 bits per heavy atom. The molecular weight excluding hydrogens is 203 g/mol. The van der Waals surface area contributed by atoms with Gasteiger partial charge in [0.15, 0.2) is 6.10 Å². The molecule has 0 spiro atoms. The molecule has 0 aromatic heterocycles. The summed E-state index contributed by atoms with van der Waals surface area (Å²) < 4.78 is 35.1. The molecular formula is C6H12F3N3O2. The van der Waals surface area contributed by atoms with Crippen LogP contribution in [0.4, 0.5) is 18.0 Å². The van der Waals surface area contributed by atoms with E-state index < -0.39 is 24.9 Å². The summed E-state index contributed by atoms with van der Waals surface area (Å²) in [6.07, 6.45) is -7.01. The van der Waals surface area contributed by atoms with Crippen LogP contribution in [0.2, 0.25) is 0 Å². The van der Waals surface area contributed by atoms with E-state index in [1.807, 2.05) is 0 Å². The van der Waals surface area contributed by atoms with Crippen molar-refractivity contribution < 1.29 is 23.1 Å². The number of amides is 2. The van der Waals surface area contributed by atoms with Crippen molar-refractivity contribution in [2.45, 2.75) is 12.3 Å². The molecule has 1 atom stereocenters. The number of carbonyl (C=O) groups is 1. The maximum atomic E-state index is 11.7. The summed E-state index contributed by atoms with van der Waals surface area (Å²) in [5.41, 5.74) is 4.70. The first kappa shape index (κ1) is 13.0. The highest BCUT2D eigenvalue weighted by atomic mass is 19.4. The molecule has 0 rings (SSSR count). The van der Waals surface area contributed by atoms with Crippen LogP contribution in [0, 0.1) is 0 Å². The number of carbonyl (C=O) groups excluding carboxylic acids is 1. The molecule has 1 unspecified atom stereocenters. The number of halogens is 3. The molecule has 0 aliphatic rings. The Morgan fingerprint density at radius 1 is 1.43 bits per heavy atom. The third-order valence-corrected chi connectivity index (χ3v) is 1.32. The number of nitrogens with one attached hydrogen (secondary N) is 2. The lowest BCUT2D eigenvalue weighted by Gasteiger charge is -2.14. The summed E-state index contributed by atoms with van der Waals surface area (Å²) in [4.78, 5) is 10.1. The third kappa shape index (κ3) is 6.49. The Balaban J connectivity index is 3.41. The number of hydrogen-bond acceptors (Lipinski definition) is 3. The zero-order valence-electron chi connectivity index (χ0n) is 7.27. The van der Waals surface area contributed by atoms with Gasteiger partial charge in [0.1, 0.15) is 0 Å². The van der Waals surface area contributed by atoms with Crippen LogP contribution in [0.5, 0.6) is 0 Å². The van der Waals surface area contributed by atoms with Crippen LogP contribution in [0.1, 0.15) is 0 Å². The van der Waals surface area contributed by atoms with Crippen molar-refractivity contribution >= 4 is 6.03 Å². The van der Waals surface area contributed by atoms with Crippen LogP contribution in [0.3, 0.4) is 0 Å². The molecule has 0 aliphatic carbocycles. The summed E-state index contributed by atoms with van der Waals surface area (Å²) in [5, 5.41) is 13.0. The highest BCUT2D eigenvalue weighted by Gasteiger charge is 2.37. The molecule has 0 aromatic carbocycles. The Kier molecular flexibility index (Phi) is 5.24. The number of hydrogen-bond donors (Lipinski definition) is 4. The molecule has 0 heterocycles. The standard InChI is InChI=1S/C6H12F3N3O2/c7-6(8,9)4(13)3-11-1-2-12-5(10)14/h4,11,13H,1-3H2,(H3,10,12,14). The Hall–Kier alpha value is -1.02. The minimum Gasteiger partial charge on any atom is -0.382 e. The van der Waals surface area contributed by atoms with Crippen molar-refractivity contribution in [3.05, 3.63) is 0 Å². The van der Waals surface area contributed by atoms with Crippen LogP contribution in [0.25, 0.3) is 0 Å². The number of nitrogens with two attached hydrogens (primary N) is 1. The molecule has 84 valence electrons. The minimum atomic E-state index is -4.62. The van der Waals surface area contributed by atoms with Gasteiger partial charge in [-0.25, -0.2) is 4.79 Å². The second kappa shape index (κ2) is 5.66. The molecule has 0 saturated heterocycles. The van der Waals surface area contributed by atoms with E-state index in [-0.39, 0.29) is 13.1 Å². The molecule has 0 saturated carbocycles. The number of aliphatic hydroxyl groups is 1. The van der Waals surface area contributed by atoms with Gasteiger partial charge in [-0.2, -0.15) is 13.2 Å². The first-order valence-electron chi connectivity index (χ1n) is 3.83. The highest BCUT2D eigenvalue weighted by molar-refractivity contribution is 5.71. The molecule has 0 aliphatic heterocycles. The van der Waals surface area contributed by atoms with E-state index in [9.17, 15) is 18.0 Å². The van der Waals surface area contributed by atoms with Crippen LogP contribution >= 0.6 is 0 Å². The molecule has 5 nitrogen and oxygen atoms in total. The van der Waals surface area contributed by atoms with Gasteiger partial charge < -0.3 is 21.5 Å². The fourth-order valence-corrected chi connectivity index (χ4v) is 0.629. The molecule has 2 amide bonds. The van der Waals surface area contributed by atoms with Gasteiger partial charge in [0.2, 0.25) is 0 Å². The Labute approximate surface area is 78.5 Å². The van der Waals surface area contributed by atoms with Gasteiger partial charge in [0, 0.05) is 19.6 Å². The van der Waals surface area contributed by atoms with E-state index in [0.717, 1.165) is 0 Å². The van der Waals surface area contributed by atoms with Crippen molar-refractivity contribution in [3.63, 3.8) is 0 Å². The average Bonchev–Trinajstić information content (AvgIpc) is 2.01. The van der Waals surface area contributed by atoms with E-state index in [4.69, 9.17) is 10.8 Å². The quantitative estimate of drug-likeness (QED) is 0.451. The smallest absolute Gasteiger partial charge is 0.382 e. The second-order valence-electron chi connectivity index (χ2n) is 2.55. The summed E-state index contributed by atoms with van der Waals surface area (Å²) >= 11 is 0. The molecule has 0 bridgehead atoms. The lowest BCUT2D eigenvalue weighted by Crippen LogP contribution is -2.41. The van der Waals surface area contributed by atoms with Gasteiger partial charge in [-0.3, -0.25) is 0 Å². The topological polar surface area (TPSA) is 87.4 Å². The van der Waals surface area contributed by atoms with Gasteiger partial charge in [0.25, 0.3) is 0 Å². The normalized spacial score (nSPS) is 13.7. The van der Waals surface area contributed by atoms with Crippen molar-refractivity contribution in [3.8, 4) is 0 Å². The van der Waals surface area contributed by atoms with Gasteiger partial charge in [0.05, 0.1) is 0 Å². The van der Waals surface area contributed by atoms with Gasteiger partial charge in [-0.1, -0.05) is 0 Å². The van der Waals surface area contributed by atoms with Gasteiger partial charge >= 0.3 is 12.2 Å². The summed E-state index contributed by atoms with van der Waals surface area (Å²) in [6, 6.07) is -0.747. The number of aliphatic hydroxyl groups excluding tert-OH is 1. The predicted octanol–water partition coefficient (Wildman–Crippen LogP) is -0.833. The monoisotopic (exact) mass is 215 g/mol. The fourth-order valence-electron chi connectivity index (χ4n) is 0.629. The zero-order chi connectivity index (χ0) is 11.2. The van der Waals surface area contributed by atoms with Crippen molar-refractivity contribution in [2.24, 2.45) is 5.73 Å². The van der Waals surface area contributed by atoms with Crippen LogP contribution in [0.15, 0.2) is 0 Å². The van der Waals surface area contributed by atoms with E-state index in [0.29, 0.717) is 0 Å². The van der Waals surface area contributed by atoms with Gasteiger partial charge in [-0.05, 0) is 0 Å². The van der Waals surface area contributed by atoms with Crippen LogP contribution in [-0.2, 0) is 0 Å². The van der Waals surface area contributed by atoms with E-state index in [1.165, 1.54) is 0 Å². The highest BCUT2D eigenvalue weighted by Crippen LogP contribution is 2.18. The number of urea groups is 1. The van der Waals surface area contributed by atoms with E-state index in [2.05, 4.69) is 10.6 Å². The van der Waals surface area contributed by atoms with Crippen molar-refractivity contribution in [1.82, 2.24) is 10.6 Å². The van der Waals surface area contributed by atoms with Gasteiger partial charge in [-0.15, -0.1) is 0 Å². The summed E-state index contributed by atoms with van der Waals surface area (Å²) in [7, 11) is 0. The third-order valence-electron chi connectivity index (χ3n) is 1.32. The van der Waals surface area contributed by atoms with Crippen LogP contribution in [-0.4, -0.2) is 43.1 Å². The maximum absolute atomic E-state index is 11.7. The van der Waals surface area contributed by atoms with E-state index in [1.54, 1.807) is 0 Å². The van der Waals surface area contributed by atoms with Crippen molar-refractivity contribution in [1.29, 1.82) is 0 Å². The van der Waals surface area contributed by atoms with Crippen molar-refractivity contribution in [2.75, 3.05) is 19.6 Å². The lowest BCUT2D eigenvalue weighted by molar-refractivity contribution is -0.201. The largest absolute Gasteiger partial charge is 0.415 e. The SMILES string of the molecule is NC(=O)NCCNCC(O)C(F)(F)F. The zero-order valence-corrected chi connectivity index (χ0v) is 7.27. The Bertz CT molecular complexity index is 186.